The van der Waals surface area contributed by atoms with Gasteiger partial charge in [0.2, 0.25) is 0 Å². The Labute approximate surface area is 104 Å². The molecule has 1 aromatic rings. The number of hydrogen-bond acceptors (Lipinski definition) is 5. The van der Waals surface area contributed by atoms with Crippen molar-refractivity contribution < 1.29 is 17.9 Å². The minimum Gasteiger partial charge on any atom is -0.422 e. The molecule has 0 aromatic heterocycles. The van der Waals surface area contributed by atoms with E-state index in [4.69, 9.17) is 10.5 Å². The zero-order chi connectivity index (χ0) is 13.3. The molecule has 1 aliphatic rings. The highest BCUT2D eigenvalue weighted by Crippen LogP contribution is 2.16. The molecule has 0 unspecified atom stereocenters. The smallest absolute Gasteiger partial charge is 0.363 e. The molecule has 2 N–H and O–H groups in total. The Balaban J connectivity index is 2.21. The summed E-state index contributed by atoms with van der Waals surface area (Å²) in [5.41, 5.74) is 5.80. The number of carbonyl (C=O) groups is 1. The van der Waals surface area contributed by atoms with Crippen molar-refractivity contribution in [3.63, 3.8) is 0 Å². The average molecular weight is 266 g/mol. The highest BCUT2D eigenvalue weighted by Gasteiger charge is 2.27. The summed E-state index contributed by atoms with van der Waals surface area (Å²) in [6.07, 6.45) is 0.980. The van der Waals surface area contributed by atoms with Crippen molar-refractivity contribution in [2.45, 2.75) is 6.92 Å². The number of sulfonamides is 1. The van der Waals surface area contributed by atoms with Crippen LogP contribution in [0, 0.1) is 6.92 Å². The molecule has 0 amide bonds. The van der Waals surface area contributed by atoms with Gasteiger partial charge in [0.1, 0.15) is 5.75 Å². The van der Waals surface area contributed by atoms with Gasteiger partial charge >= 0.3 is 5.97 Å². The number of carbonyl (C=O) groups excluding carboxylic acids is 1. The van der Waals surface area contributed by atoms with Crippen molar-refractivity contribution in [2.24, 2.45) is 10.1 Å². The lowest BCUT2D eigenvalue weighted by Crippen LogP contribution is -2.17. The molecule has 0 fully saturated rings. The van der Waals surface area contributed by atoms with Crippen LogP contribution in [-0.4, -0.2) is 20.1 Å². The zero-order valence-electron chi connectivity index (χ0n) is 9.45. The molecule has 0 atom stereocenters. The first-order chi connectivity index (χ1) is 8.38. The first-order valence-electron chi connectivity index (χ1n) is 4.99. The fraction of sp³-hybridized carbons (Fsp3) is 0.0909. The largest absolute Gasteiger partial charge is 0.422 e. The number of aryl methyl sites for hydroxylation is 1. The first-order valence-corrected chi connectivity index (χ1v) is 6.43. The van der Waals surface area contributed by atoms with Gasteiger partial charge in [-0.1, -0.05) is 12.1 Å². The van der Waals surface area contributed by atoms with E-state index in [1.165, 1.54) is 0 Å². The van der Waals surface area contributed by atoms with E-state index in [0.29, 0.717) is 5.75 Å². The van der Waals surface area contributed by atoms with E-state index in [-0.39, 0.29) is 5.71 Å². The van der Waals surface area contributed by atoms with Gasteiger partial charge in [0, 0.05) is 6.08 Å². The minimum absolute atomic E-state index is 0.318. The number of esters is 1. The predicted octanol–water partition coefficient (Wildman–Crippen LogP) is 0.485. The Hall–Kier alpha value is -2.15. The molecule has 0 spiro atoms. The Morgan fingerprint density at radius 1 is 1.39 bits per heavy atom. The molecule has 2 rings (SSSR count). The topological polar surface area (TPSA) is 98.8 Å². The first kappa shape index (κ1) is 12.3. The van der Waals surface area contributed by atoms with Crippen molar-refractivity contribution in [3.05, 3.63) is 40.9 Å². The van der Waals surface area contributed by atoms with Gasteiger partial charge in [-0.25, -0.2) is 4.79 Å². The van der Waals surface area contributed by atoms with Gasteiger partial charge < -0.3 is 10.5 Å². The third-order valence-corrected chi connectivity index (χ3v) is 3.36. The fourth-order valence-electron chi connectivity index (χ4n) is 1.35. The summed E-state index contributed by atoms with van der Waals surface area (Å²) in [6.45, 7) is 1.84. The highest BCUT2D eigenvalue weighted by atomic mass is 32.2. The van der Waals surface area contributed by atoms with Gasteiger partial charge in [-0.05, 0) is 24.6 Å². The Morgan fingerprint density at radius 3 is 2.67 bits per heavy atom. The van der Waals surface area contributed by atoms with E-state index in [2.05, 4.69) is 4.40 Å². The van der Waals surface area contributed by atoms with E-state index in [1.54, 1.807) is 18.2 Å². The number of rotatable bonds is 2. The highest BCUT2D eigenvalue weighted by molar-refractivity contribution is 7.94. The molecule has 1 aliphatic heterocycles. The standard InChI is InChI=1S/C11H10N2O4S/c1-7-3-2-4-8(5-7)17-11(14)9-6-10(12)18(15,16)13-9/h2-6H,12H2,1H3. The van der Waals surface area contributed by atoms with Crippen molar-refractivity contribution in [3.8, 4) is 5.75 Å². The van der Waals surface area contributed by atoms with Crippen molar-refractivity contribution in [1.29, 1.82) is 0 Å². The van der Waals surface area contributed by atoms with E-state index in [9.17, 15) is 13.2 Å². The van der Waals surface area contributed by atoms with Crippen LogP contribution >= 0.6 is 0 Å². The van der Waals surface area contributed by atoms with Crippen molar-refractivity contribution >= 4 is 21.7 Å². The lowest BCUT2D eigenvalue weighted by molar-refractivity contribution is -0.126. The molecule has 18 heavy (non-hydrogen) atoms. The normalized spacial score (nSPS) is 16.9. The van der Waals surface area contributed by atoms with Gasteiger partial charge in [0.05, 0.1) is 0 Å². The quantitative estimate of drug-likeness (QED) is 0.620. The summed E-state index contributed by atoms with van der Waals surface area (Å²) in [5, 5.41) is -0.460. The molecule has 1 heterocycles. The second kappa shape index (κ2) is 4.26. The third-order valence-electron chi connectivity index (χ3n) is 2.20. The summed E-state index contributed by atoms with van der Waals surface area (Å²) in [4.78, 5) is 11.6. The number of nitrogens with zero attached hydrogens (tertiary/aromatic N) is 1. The van der Waals surface area contributed by atoms with E-state index in [0.717, 1.165) is 11.6 Å². The second-order valence-electron chi connectivity index (χ2n) is 3.70. The van der Waals surface area contributed by atoms with E-state index in [1.807, 2.05) is 13.0 Å². The molecule has 6 nitrogen and oxygen atoms in total. The van der Waals surface area contributed by atoms with Crippen LogP contribution in [0.5, 0.6) is 5.75 Å². The van der Waals surface area contributed by atoms with E-state index < -0.39 is 21.0 Å². The maximum Gasteiger partial charge on any atom is 0.363 e. The van der Waals surface area contributed by atoms with Crippen LogP contribution in [0.25, 0.3) is 0 Å². The molecule has 0 saturated carbocycles. The lowest BCUT2D eigenvalue weighted by atomic mass is 10.2. The molecular formula is C11H10N2O4S. The van der Waals surface area contributed by atoms with Gasteiger partial charge in [-0.15, -0.1) is 0 Å². The lowest BCUT2D eigenvalue weighted by Gasteiger charge is -2.02. The summed E-state index contributed by atoms with van der Waals surface area (Å²) in [7, 11) is -3.89. The van der Waals surface area contributed by atoms with Crippen LogP contribution in [0.1, 0.15) is 5.56 Å². The van der Waals surface area contributed by atoms with Crippen LogP contribution in [0.15, 0.2) is 39.8 Å². The number of hydrogen-bond donors (Lipinski definition) is 1. The molecule has 0 bridgehead atoms. The zero-order valence-corrected chi connectivity index (χ0v) is 10.3. The number of ether oxygens (including phenoxy) is 1. The molecule has 0 radical (unpaired) electrons. The summed E-state index contributed by atoms with van der Waals surface area (Å²) < 4.78 is 30.6. The Morgan fingerprint density at radius 2 is 2.11 bits per heavy atom. The summed E-state index contributed by atoms with van der Waals surface area (Å²) >= 11 is 0. The SMILES string of the molecule is Cc1cccc(OC(=O)C2=NS(=O)(=O)C(N)=C2)c1. The molecule has 0 saturated heterocycles. The van der Waals surface area contributed by atoms with Gasteiger partial charge in [-0.3, -0.25) is 0 Å². The Kier molecular flexibility index (Phi) is 2.92. The Bertz CT molecular complexity index is 674. The molecule has 0 aliphatic carbocycles. The van der Waals surface area contributed by atoms with Crippen LogP contribution in [0.3, 0.4) is 0 Å². The monoisotopic (exact) mass is 266 g/mol. The van der Waals surface area contributed by atoms with E-state index >= 15 is 0 Å². The van der Waals surface area contributed by atoms with Gasteiger partial charge in [-0.2, -0.15) is 12.8 Å². The van der Waals surface area contributed by atoms with Crippen LogP contribution in [-0.2, 0) is 14.8 Å². The summed E-state index contributed by atoms with van der Waals surface area (Å²) in [5.74, 6) is -0.538. The molecule has 7 heteroatoms. The summed E-state index contributed by atoms with van der Waals surface area (Å²) in [6, 6.07) is 6.79. The second-order valence-corrected chi connectivity index (χ2v) is 5.31. The maximum atomic E-state index is 11.6. The number of benzene rings is 1. The van der Waals surface area contributed by atoms with Crippen LogP contribution in [0.2, 0.25) is 0 Å². The van der Waals surface area contributed by atoms with Crippen LogP contribution in [0.4, 0.5) is 0 Å². The van der Waals surface area contributed by atoms with Crippen molar-refractivity contribution in [1.82, 2.24) is 0 Å². The predicted molar refractivity (Wildman–Crippen MR) is 65.4 cm³/mol. The molecule has 94 valence electrons. The van der Waals surface area contributed by atoms with Gasteiger partial charge in [0.15, 0.2) is 10.7 Å². The number of nitrogens with two attached hydrogens (primary N) is 1. The third kappa shape index (κ3) is 2.40. The maximum absolute atomic E-state index is 11.6. The van der Waals surface area contributed by atoms with Gasteiger partial charge in [0.25, 0.3) is 10.0 Å². The molecule has 1 aromatic carbocycles. The molecular weight excluding hydrogens is 256 g/mol. The van der Waals surface area contributed by atoms with Crippen molar-refractivity contribution in [2.75, 3.05) is 0 Å². The van der Waals surface area contributed by atoms with Crippen LogP contribution < -0.4 is 10.5 Å². The minimum atomic E-state index is -3.89. The average Bonchev–Trinajstić information content (AvgIpc) is 2.53. The fourth-order valence-corrected chi connectivity index (χ4v) is 2.10.